The van der Waals surface area contributed by atoms with Crippen LogP contribution in [-0.4, -0.2) is 22.5 Å². The quantitative estimate of drug-likeness (QED) is 0.621. The van der Waals surface area contributed by atoms with E-state index in [4.69, 9.17) is 0 Å². The Morgan fingerprint density at radius 3 is 2.40 bits per heavy atom. The molecule has 2 atom stereocenters. The van der Waals surface area contributed by atoms with Crippen LogP contribution in [0.3, 0.4) is 0 Å². The Morgan fingerprint density at radius 1 is 1.08 bits per heavy atom. The van der Waals surface area contributed by atoms with Gasteiger partial charge >= 0.3 is 0 Å². The molecule has 25 heavy (non-hydrogen) atoms. The first-order valence-corrected chi connectivity index (χ1v) is 7.82. The number of aliphatic imine (C=N–C) groups is 1. The van der Waals surface area contributed by atoms with Crippen LogP contribution in [0.4, 0.5) is 4.39 Å². The third kappa shape index (κ3) is 2.14. The molecular formula is C19H13FN2O3. The number of nitrogens with zero attached hydrogens (tertiary/aromatic N) is 2. The monoisotopic (exact) mass is 336 g/mol. The zero-order valence-electron chi connectivity index (χ0n) is 13.3. The summed E-state index contributed by atoms with van der Waals surface area (Å²) >= 11 is 0. The van der Waals surface area contributed by atoms with Gasteiger partial charge in [-0.25, -0.2) is 9.38 Å². The van der Waals surface area contributed by atoms with Crippen LogP contribution in [0.1, 0.15) is 34.3 Å². The van der Waals surface area contributed by atoms with Gasteiger partial charge < -0.3 is 0 Å². The molecule has 1 heterocycles. The van der Waals surface area contributed by atoms with E-state index in [0.29, 0.717) is 16.8 Å². The molecule has 0 saturated heterocycles. The van der Waals surface area contributed by atoms with Crippen molar-refractivity contribution in [3.05, 3.63) is 86.7 Å². The fourth-order valence-electron chi connectivity index (χ4n) is 3.66. The summed E-state index contributed by atoms with van der Waals surface area (Å²) in [4.78, 5) is 28.5. The van der Waals surface area contributed by atoms with E-state index in [9.17, 15) is 19.3 Å². The van der Waals surface area contributed by atoms with Crippen LogP contribution >= 0.6 is 0 Å². The first kappa shape index (κ1) is 15.4. The molecule has 5 nitrogen and oxygen atoms in total. The van der Waals surface area contributed by atoms with Gasteiger partial charge in [0.15, 0.2) is 5.78 Å². The van der Waals surface area contributed by atoms with Gasteiger partial charge in [-0.1, -0.05) is 42.5 Å². The summed E-state index contributed by atoms with van der Waals surface area (Å²) in [7, 11) is 0. The Morgan fingerprint density at radius 2 is 1.72 bits per heavy atom. The third-order valence-electron chi connectivity index (χ3n) is 4.74. The fraction of sp³-hybridized carbons (Fsp3) is 0.158. The molecule has 2 aromatic rings. The lowest BCUT2D eigenvalue weighted by Crippen LogP contribution is -2.39. The average Bonchev–Trinajstić information content (AvgIpc) is 2.87. The number of ketones is 1. The number of rotatable bonds is 2. The largest absolute Gasteiger partial charge is 0.289 e. The SMILES string of the molecule is CC1=NC2=C(C(=O)c3ccccc32)[C@H](c2ccccc2F)C1[N+](=O)[O-]. The van der Waals surface area contributed by atoms with Gasteiger partial charge in [0.25, 0.3) is 6.04 Å². The summed E-state index contributed by atoms with van der Waals surface area (Å²) in [6, 6.07) is 11.6. The van der Waals surface area contributed by atoms with E-state index in [1.165, 1.54) is 18.2 Å². The van der Waals surface area contributed by atoms with Gasteiger partial charge in [0.05, 0.1) is 17.3 Å². The van der Waals surface area contributed by atoms with Crippen molar-refractivity contribution in [2.75, 3.05) is 0 Å². The van der Waals surface area contributed by atoms with Gasteiger partial charge in [-0.2, -0.15) is 0 Å². The topological polar surface area (TPSA) is 72.6 Å². The van der Waals surface area contributed by atoms with Crippen molar-refractivity contribution >= 4 is 17.2 Å². The van der Waals surface area contributed by atoms with E-state index in [0.717, 1.165) is 0 Å². The maximum absolute atomic E-state index is 14.5. The van der Waals surface area contributed by atoms with E-state index in [1.54, 1.807) is 37.3 Å². The maximum Gasteiger partial charge on any atom is 0.261 e. The lowest BCUT2D eigenvalue weighted by molar-refractivity contribution is -0.505. The van der Waals surface area contributed by atoms with Crippen LogP contribution in [0.2, 0.25) is 0 Å². The molecule has 2 aromatic carbocycles. The summed E-state index contributed by atoms with van der Waals surface area (Å²) in [5.74, 6) is -1.88. The number of carbonyl (C=O) groups excluding carboxylic acids is 1. The molecular weight excluding hydrogens is 323 g/mol. The molecule has 4 rings (SSSR count). The van der Waals surface area contributed by atoms with E-state index >= 15 is 0 Å². The number of carbonyl (C=O) groups is 1. The molecule has 1 aliphatic carbocycles. The summed E-state index contributed by atoms with van der Waals surface area (Å²) in [5.41, 5.74) is 2.14. The number of halogens is 1. The van der Waals surface area contributed by atoms with Crippen molar-refractivity contribution in [3.63, 3.8) is 0 Å². The molecule has 0 aromatic heterocycles. The van der Waals surface area contributed by atoms with Gasteiger partial charge in [-0.15, -0.1) is 0 Å². The molecule has 6 heteroatoms. The highest BCUT2D eigenvalue weighted by molar-refractivity contribution is 6.23. The number of benzene rings is 2. The molecule has 0 radical (unpaired) electrons. The minimum absolute atomic E-state index is 0.145. The van der Waals surface area contributed by atoms with Gasteiger partial charge in [-0.3, -0.25) is 14.9 Å². The van der Waals surface area contributed by atoms with Crippen LogP contribution in [0.25, 0.3) is 5.70 Å². The summed E-state index contributed by atoms with van der Waals surface area (Å²) in [6.45, 7) is 1.55. The van der Waals surface area contributed by atoms with Crippen LogP contribution < -0.4 is 0 Å². The molecule has 0 fully saturated rings. The van der Waals surface area contributed by atoms with Crippen LogP contribution in [0.5, 0.6) is 0 Å². The van der Waals surface area contributed by atoms with E-state index in [1.807, 2.05) is 0 Å². The number of fused-ring (bicyclic) bond motifs is 2. The van der Waals surface area contributed by atoms with Crippen molar-refractivity contribution in [3.8, 4) is 0 Å². The smallest absolute Gasteiger partial charge is 0.261 e. The van der Waals surface area contributed by atoms with Crippen LogP contribution in [0, 0.1) is 15.9 Å². The van der Waals surface area contributed by atoms with E-state index in [-0.39, 0.29) is 22.6 Å². The second kappa shape index (κ2) is 5.44. The van der Waals surface area contributed by atoms with Gasteiger partial charge in [0.2, 0.25) is 0 Å². The zero-order chi connectivity index (χ0) is 17.7. The highest BCUT2D eigenvalue weighted by atomic mass is 19.1. The Hall–Kier alpha value is -3.15. The predicted octanol–water partition coefficient (Wildman–Crippen LogP) is 3.64. The van der Waals surface area contributed by atoms with Crippen molar-refractivity contribution < 1.29 is 14.1 Å². The van der Waals surface area contributed by atoms with Crippen LogP contribution in [0.15, 0.2) is 59.1 Å². The van der Waals surface area contributed by atoms with Crippen LogP contribution in [-0.2, 0) is 0 Å². The molecule has 0 N–H and O–H groups in total. The molecule has 0 bridgehead atoms. The number of hydrogen-bond donors (Lipinski definition) is 0. The predicted molar refractivity (Wildman–Crippen MR) is 90.7 cm³/mol. The Balaban J connectivity index is 2.00. The highest BCUT2D eigenvalue weighted by Crippen LogP contribution is 2.46. The molecule has 124 valence electrons. The summed E-state index contributed by atoms with van der Waals surface area (Å²) in [6.07, 6.45) is 0. The lowest BCUT2D eigenvalue weighted by atomic mass is 9.79. The standard InChI is InChI=1S/C19H13FN2O3/c1-10-18(22(24)25)15(13-8-4-5-9-14(13)20)16-17(21-10)11-6-2-3-7-12(11)19(16)23/h2-9,15,18H,1H3/t15-,18?/m0/s1. The number of nitro groups is 1. The molecule has 0 amide bonds. The molecule has 0 saturated carbocycles. The van der Waals surface area contributed by atoms with E-state index in [2.05, 4.69) is 4.99 Å². The first-order chi connectivity index (χ1) is 12.0. The normalized spacial score (nSPS) is 21.7. The van der Waals surface area contributed by atoms with Crippen molar-refractivity contribution in [2.24, 2.45) is 4.99 Å². The zero-order valence-corrected chi connectivity index (χ0v) is 13.3. The summed E-state index contributed by atoms with van der Waals surface area (Å²) < 4.78 is 14.5. The van der Waals surface area contributed by atoms with Crippen molar-refractivity contribution in [2.45, 2.75) is 18.9 Å². The molecule has 1 aliphatic heterocycles. The minimum Gasteiger partial charge on any atom is -0.289 e. The van der Waals surface area contributed by atoms with Gasteiger partial charge in [0.1, 0.15) is 5.82 Å². The Labute approximate surface area is 142 Å². The number of hydrogen-bond acceptors (Lipinski definition) is 4. The van der Waals surface area contributed by atoms with Crippen molar-refractivity contribution in [1.82, 2.24) is 0 Å². The average molecular weight is 336 g/mol. The number of Topliss-reactive ketones (excluding diaryl/α,β-unsaturated/α-hetero) is 1. The van der Waals surface area contributed by atoms with E-state index < -0.39 is 22.7 Å². The second-order valence-electron chi connectivity index (χ2n) is 6.12. The Kier molecular flexibility index (Phi) is 3.35. The second-order valence-corrected chi connectivity index (χ2v) is 6.12. The Bertz CT molecular complexity index is 994. The third-order valence-corrected chi connectivity index (χ3v) is 4.74. The minimum atomic E-state index is -1.27. The lowest BCUT2D eigenvalue weighted by Gasteiger charge is -2.26. The first-order valence-electron chi connectivity index (χ1n) is 7.82. The molecule has 1 unspecified atom stereocenters. The fourth-order valence-corrected chi connectivity index (χ4v) is 3.66. The van der Waals surface area contributed by atoms with Gasteiger partial charge in [-0.05, 0) is 13.0 Å². The molecule has 2 aliphatic rings. The summed E-state index contributed by atoms with van der Waals surface area (Å²) in [5, 5.41) is 11.7. The highest BCUT2D eigenvalue weighted by Gasteiger charge is 2.48. The van der Waals surface area contributed by atoms with Crippen molar-refractivity contribution in [1.29, 1.82) is 0 Å². The van der Waals surface area contributed by atoms with Gasteiger partial charge in [0, 0.05) is 27.2 Å². The maximum atomic E-state index is 14.5. The molecule has 0 spiro atoms.